The molecule has 0 aromatic heterocycles. The first kappa shape index (κ1) is 27.9. The fourth-order valence-electron chi connectivity index (χ4n) is 3.99. The molecule has 40 heavy (non-hydrogen) atoms. The van der Waals surface area contributed by atoms with Crippen LogP contribution >= 0.6 is 0 Å². The van der Waals surface area contributed by atoms with Crippen LogP contribution in [0.3, 0.4) is 0 Å². The summed E-state index contributed by atoms with van der Waals surface area (Å²) in [7, 11) is 0. The Bertz CT molecular complexity index is 1440. The minimum Gasteiger partial charge on any atom is -0.485 e. The van der Waals surface area contributed by atoms with Crippen LogP contribution in [0.2, 0.25) is 0 Å². The molecule has 4 N–H and O–H groups in total. The molecule has 4 aromatic rings. The molecule has 0 spiro atoms. The summed E-state index contributed by atoms with van der Waals surface area (Å²) in [5, 5.41) is 5.35. The predicted octanol–water partition coefficient (Wildman–Crippen LogP) is 4.63. The molecular formula is C32H31N3O5. The van der Waals surface area contributed by atoms with E-state index in [1.807, 2.05) is 66.7 Å². The Labute approximate surface area is 233 Å². The number of rotatable bonds is 12. The van der Waals surface area contributed by atoms with E-state index in [2.05, 4.69) is 10.6 Å². The number of benzene rings is 4. The number of nitrogens with one attached hydrogen (secondary N) is 2. The Morgan fingerprint density at radius 3 is 1.85 bits per heavy atom. The summed E-state index contributed by atoms with van der Waals surface area (Å²) in [6.07, 6.45) is 0.158. The maximum atomic E-state index is 12.8. The summed E-state index contributed by atoms with van der Waals surface area (Å²) in [6.45, 7) is 2.09. The first-order chi connectivity index (χ1) is 19.4. The molecule has 0 aliphatic heterocycles. The van der Waals surface area contributed by atoms with Gasteiger partial charge in [-0.2, -0.15) is 0 Å². The minimum absolute atomic E-state index is 0.158. The third-order valence-electron chi connectivity index (χ3n) is 6.04. The van der Waals surface area contributed by atoms with Crippen molar-refractivity contribution in [1.82, 2.24) is 5.32 Å². The Morgan fingerprint density at radius 2 is 1.30 bits per heavy atom. The molecule has 0 saturated carbocycles. The summed E-state index contributed by atoms with van der Waals surface area (Å²) in [4.78, 5) is 36.3. The van der Waals surface area contributed by atoms with E-state index in [0.29, 0.717) is 36.0 Å². The second kappa shape index (κ2) is 13.6. The fourth-order valence-corrected chi connectivity index (χ4v) is 3.99. The van der Waals surface area contributed by atoms with E-state index in [1.165, 1.54) is 6.92 Å². The lowest BCUT2D eigenvalue weighted by molar-refractivity contribution is -0.119. The second-order valence-electron chi connectivity index (χ2n) is 9.22. The SMILES string of the molecule is CC(=O)Nc1ccc(C(=O)N[C@H](Cc2ccc(OCc3ccccc3)c(OCc3ccccc3)c2)C(N)=O)cc1. The largest absolute Gasteiger partial charge is 0.485 e. The number of carbonyl (C=O) groups excluding carboxylic acids is 3. The van der Waals surface area contributed by atoms with E-state index in [4.69, 9.17) is 15.2 Å². The van der Waals surface area contributed by atoms with E-state index in [-0.39, 0.29) is 12.3 Å². The molecule has 3 amide bonds. The van der Waals surface area contributed by atoms with Gasteiger partial charge in [0.1, 0.15) is 19.3 Å². The van der Waals surface area contributed by atoms with Crippen LogP contribution in [-0.4, -0.2) is 23.8 Å². The molecule has 0 radical (unpaired) electrons. The van der Waals surface area contributed by atoms with Crippen LogP contribution in [0.4, 0.5) is 5.69 Å². The van der Waals surface area contributed by atoms with Gasteiger partial charge >= 0.3 is 0 Å². The van der Waals surface area contributed by atoms with Crippen LogP contribution in [0.15, 0.2) is 103 Å². The van der Waals surface area contributed by atoms with Gasteiger partial charge in [-0.3, -0.25) is 14.4 Å². The Kier molecular flexibility index (Phi) is 9.50. The Morgan fingerprint density at radius 1 is 0.725 bits per heavy atom. The highest BCUT2D eigenvalue weighted by molar-refractivity contribution is 5.98. The quantitative estimate of drug-likeness (QED) is 0.243. The number of primary amides is 1. The van der Waals surface area contributed by atoms with Gasteiger partial charge in [0, 0.05) is 24.6 Å². The maximum absolute atomic E-state index is 12.8. The molecule has 0 bridgehead atoms. The zero-order valence-electron chi connectivity index (χ0n) is 22.1. The van der Waals surface area contributed by atoms with Crippen LogP contribution in [0.25, 0.3) is 0 Å². The van der Waals surface area contributed by atoms with Gasteiger partial charge in [0.2, 0.25) is 11.8 Å². The van der Waals surface area contributed by atoms with Crippen molar-refractivity contribution in [3.63, 3.8) is 0 Å². The molecule has 1 atom stereocenters. The van der Waals surface area contributed by atoms with E-state index >= 15 is 0 Å². The van der Waals surface area contributed by atoms with Crippen molar-refractivity contribution in [2.75, 3.05) is 5.32 Å². The maximum Gasteiger partial charge on any atom is 0.251 e. The first-order valence-corrected chi connectivity index (χ1v) is 12.8. The van der Waals surface area contributed by atoms with Crippen molar-refractivity contribution in [2.24, 2.45) is 5.73 Å². The molecule has 0 fully saturated rings. The summed E-state index contributed by atoms with van der Waals surface area (Å²) >= 11 is 0. The first-order valence-electron chi connectivity index (χ1n) is 12.8. The predicted molar refractivity (Wildman–Crippen MR) is 153 cm³/mol. The molecule has 0 aliphatic rings. The van der Waals surface area contributed by atoms with E-state index in [9.17, 15) is 14.4 Å². The summed E-state index contributed by atoms with van der Waals surface area (Å²) in [6, 6.07) is 30.4. The van der Waals surface area contributed by atoms with Crippen molar-refractivity contribution in [3.05, 3.63) is 125 Å². The average Bonchev–Trinajstić information content (AvgIpc) is 2.96. The zero-order valence-corrected chi connectivity index (χ0v) is 22.1. The number of amides is 3. The van der Waals surface area contributed by atoms with Gasteiger partial charge in [0.25, 0.3) is 5.91 Å². The molecule has 0 heterocycles. The van der Waals surface area contributed by atoms with Gasteiger partial charge in [-0.25, -0.2) is 0 Å². The molecule has 0 unspecified atom stereocenters. The topological polar surface area (TPSA) is 120 Å². The highest BCUT2D eigenvalue weighted by atomic mass is 16.5. The number of hydrogen-bond acceptors (Lipinski definition) is 5. The van der Waals surface area contributed by atoms with Crippen molar-refractivity contribution in [2.45, 2.75) is 32.6 Å². The third-order valence-corrected chi connectivity index (χ3v) is 6.04. The lowest BCUT2D eigenvalue weighted by atomic mass is 10.0. The van der Waals surface area contributed by atoms with E-state index in [0.717, 1.165) is 16.7 Å². The van der Waals surface area contributed by atoms with Crippen molar-refractivity contribution < 1.29 is 23.9 Å². The van der Waals surface area contributed by atoms with Crippen LogP contribution in [-0.2, 0) is 29.2 Å². The van der Waals surface area contributed by atoms with Crippen molar-refractivity contribution in [3.8, 4) is 11.5 Å². The highest BCUT2D eigenvalue weighted by Gasteiger charge is 2.21. The van der Waals surface area contributed by atoms with Gasteiger partial charge in [-0.15, -0.1) is 0 Å². The number of hydrogen-bond donors (Lipinski definition) is 3. The fraction of sp³-hybridized carbons (Fsp3) is 0.156. The van der Waals surface area contributed by atoms with Gasteiger partial charge < -0.3 is 25.8 Å². The van der Waals surface area contributed by atoms with Crippen LogP contribution < -0.4 is 25.8 Å². The molecule has 8 nitrogen and oxygen atoms in total. The lowest BCUT2D eigenvalue weighted by Gasteiger charge is -2.18. The van der Waals surface area contributed by atoms with E-state index in [1.54, 1.807) is 36.4 Å². The summed E-state index contributed by atoms with van der Waals surface area (Å²) in [5.74, 6) is -0.265. The Hall–Kier alpha value is -5.11. The smallest absolute Gasteiger partial charge is 0.251 e. The van der Waals surface area contributed by atoms with Crippen LogP contribution in [0.1, 0.15) is 34.0 Å². The number of carbonyl (C=O) groups is 3. The van der Waals surface area contributed by atoms with Gasteiger partial charge in [-0.05, 0) is 53.1 Å². The van der Waals surface area contributed by atoms with Gasteiger partial charge in [-0.1, -0.05) is 66.7 Å². The molecule has 4 rings (SSSR count). The van der Waals surface area contributed by atoms with Gasteiger partial charge in [0.15, 0.2) is 11.5 Å². The zero-order chi connectivity index (χ0) is 28.3. The standard InChI is InChI=1S/C32H31N3O5/c1-22(36)34-27-15-13-26(14-16-27)32(38)35-28(31(33)37)18-25-12-17-29(39-20-23-8-4-2-5-9-23)30(19-25)40-21-24-10-6-3-7-11-24/h2-17,19,28H,18,20-21H2,1H3,(H2,33,37)(H,34,36)(H,35,38)/t28-/m1/s1. The lowest BCUT2D eigenvalue weighted by Crippen LogP contribution is -2.45. The number of ether oxygens (including phenoxy) is 2. The molecular weight excluding hydrogens is 506 g/mol. The van der Waals surface area contributed by atoms with Crippen LogP contribution in [0, 0.1) is 0 Å². The number of nitrogens with two attached hydrogens (primary N) is 1. The van der Waals surface area contributed by atoms with E-state index < -0.39 is 17.9 Å². The molecule has 0 aliphatic carbocycles. The Balaban J connectivity index is 1.49. The normalized spacial score (nSPS) is 11.2. The van der Waals surface area contributed by atoms with Crippen LogP contribution in [0.5, 0.6) is 11.5 Å². The average molecular weight is 538 g/mol. The minimum atomic E-state index is -0.958. The van der Waals surface area contributed by atoms with Crippen molar-refractivity contribution in [1.29, 1.82) is 0 Å². The second-order valence-corrected chi connectivity index (χ2v) is 9.22. The highest BCUT2D eigenvalue weighted by Crippen LogP contribution is 2.30. The number of anilines is 1. The van der Waals surface area contributed by atoms with Gasteiger partial charge in [0.05, 0.1) is 0 Å². The molecule has 0 saturated heterocycles. The summed E-state index contributed by atoms with van der Waals surface area (Å²) in [5.41, 5.74) is 9.29. The summed E-state index contributed by atoms with van der Waals surface area (Å²) < 4.78 is 12.2. The van der Waals surface area contributed by atoms with Crippen molar-refractivity contribution >= 4 is 23.4 Å². The molecule has 8 heteroatoms. The third kappa shape index (κ3) is 8.19. The monoisotopic (exact) mass is 537 g/mol. The molecule has 4 aromatic carbocycles. The molecule has 204 valence electrons.